The van der Waals surface area contributed by atoms with E-state index in [9.17, 15) is 4.79 Å². The van der Waals surface area contributed by atoms with Crippen molar-refractivity contribution in [1.82, 2.24) is 20.0 Å². The topological polar surface area (TPSA) is 50.2 Å². The maximum absolute atomic E-state index is 11.9. The Kier molecular flexibility index (Phi) is 4.58. The summed E-state index contributed by atoms with van der Waals surface area (Å²) in [6.45, 7) is 8.52. The molecule has 0 unspecified atom stereocenters. The van der Waals surface area contributed by atoms with Crippen molar-refractivity contribution in [2.75, 3.05) is 26.2 Å². The lowest BCUT2D eigenvalue weighted by Gasteiger charge is -2.34. The summed E-state index contributed by atoms with van der Waals surface area (Å²) in [5.74, 6) is 1.48. The van der Waals surface area contributed by atoms with Gasteiger partial charge in [-0.1, -0.05) is 13.8 Å². The highest BCUT2D eigenvalue weighted by Gasteiger charge is 2.21. The molecule has 5 nitrogen and oxygen atoms in total. The number of hydrogen-bond donors (Lipinski definition) is 1. The molecule has 0 radical (unpaired) electrons. The van der Waals surface area contributed by atoms with Crippen LogP contribution >= 0.6 is 0 Å². The van der Waals surface area contributed by atoms with Crippen LogP contribution < -0.4 is 5.32 Å². The second kappa shape index (κ2) is 6.19. The number of aryl methyl sites for hydroxylation is 1. The number of aromatic nitrogens is 2. The molecule has 0 aliphatic carbocycles. The number of rotatable bonds is 4. The number of piperidine rings is 1. The van der Waals surface area contributed by atoms with Gasteiger partial charge in [0.25, 0.3) is 5.91 Å². The molecule has 2 heterocycles. The monoisotopic (exact) mass is 264 g/mol. The summed E-state index contributed by atoms with van der Waals surface area (Å²) >= 11 is 0. The predicted octanol–water partition coefficient (Wildman–Crippen LogP) is 1.13. The third-order valence-electron chi connectivity index (χ3n) is 3.71. The van der Waals surface area contributed by atoms with Gasteiger partial charge in [0, 0.05) is 39.4 Å². The van der Waals surface area contributed by atoms with Crippen molar-refractivity contribution in [2.24, 2.45) is 18.9 Å². The second-order valence-electron chi connectivity index (χ2n) is 5.80. The average molecular weight is 264 g/mol. The van der Waals surface area contributed by atoms with Crippen LogP contribution in [0.1, 0.15) is 30.8 Å². The van der Waals surface area contributed by atoms with Gasteiger partial charge < -0.3 is 10.2 Å². The molecule has 2 atom stereocenters. The Balaban J connectivity index is 1.75. The molecule has 1 aromatic rings. The standard InChI is InChI=1S/C14H24N4O/c1-11-8-12(2)10-18(9-11)7-6-15-14(19)13-4-5-16-17(13)3/h4-5,11-12H,6-10H2,1-3H3,(H,15,19)/t11-,12-/m0/s1. The molecule has 2 rings (SSSR count). The Morgan fingerprint density at radius 2 is 2.11 bits per heavy atom. The van der Waals surface area contributed by atoms with Gasteiger partial charge >= 0.3 is 0 Å². The molecule has 1 amide bonds. The summed E-state index contributed by atoms with van der Waals surface area (Å²) in [6.07, 6.45) is 2.96. The van der Waals surface area contributed by atoms with Crippen LogP contribution in [0.3, 0.4) is 0 Å². The quantitative estimate of drug-likeness (QED) is 0.887. The molecule has 19 heavy (non-hydrogen) atoms. The minimum absolute atomic E-state index is 0.0434. The van der Waals surface area contributed by atoms with E-state index in [0.29, 0.717) is 12.2 Å². The first-order valence-electron chi connectivity index (χ1n) is 7.05. The van der Waals surface area contributed by atoms with Crippen LogP contribution in [0.25, 0.3) is 0 Å². The highest BCUT2D eigenvalue weighted by molar-refractivity contribution is 5.92. The van der Waals surface area contributed by atoms with Gasteiger partial charge in [-0.05, 0) is 24.3 Å². The van der Waals surface area contributed by atoms with Crippen molar-refractivity contribution >= 4 is 5.91 Å². The summed E-state index contributed by atoms with van der Waals surface area (Å²) in [6, 6.07) is 1.74. The molecule has 1 aliphatic rings. The van der Waals surface area contributed by atoms with E-state index < -0.39 is 0 Å². The molecule has 1 aromatic heterocycles. The number of nitrogens with zero attached hydrogens (tertiary/aromatic N) is 3. The molecule has 1 N–H and O–H groups in total. The maximum atomic E-state index is 11.9. The molecule has 0 bridgehead atoms. The van der Waals surface area contributed by atoms with Crippen LogP contribution in [0, 0.1) is 11.8 Å². The van der Waals surface area contributed by atoms with Gasteiger partial charge in [0.1, 0.15) is 5.69 Å². The lowest BCUT2D eigenvalue weighted by Crippen LogP contribution is -2.43. The smallest absolute Gasteiger partial charge is 0.269 e. The highest BCUT2D eigenvalue weighted by Crippen LogP contribution is 2.20. The van der Waals surface area contributed by atoms with E-state index in [4.69, 9.17) is 0 Å². The molecule has 5 heteroatoms. The third-order valence-corrected chi connectivity index (χ3v) is 3.71. The van der Waals surface area contributed by atoms with Crippen molar-refractivity contribution in [3.8, 4) is 0 Å². The molecule has 1 saturated heterocycles. The largest absolute Gasteiger partial charge is 0.349 e. The highest BCUT2D eigenvalue weighted by atomic mass is 16.2. The van der Waals surface area contributed by atoms with E-state index in [2.05, 4.69) is 29.2 Å². The first-order valence-corrected chi connectivity index (χ1v) is 7.05. The van der Waals surface area contributed by atoms with Gasteiger partial charge in [0.05, 0.1) is 0 Å². The number of nitrogens with one attached hydrogen (secondary N) is 1. The van der Waals surface area contributed by atoms with Crippen LogP contribution in [-0.4, -0.2) is 46.8 Å². The van der Waals surface area contributed by atoms with Crippen molar-refractivity contribution in [3.05, 3.63) is 18.0 Å². The summed E-state index contributed by atoms with van der Waals surface area (Å²) in [5.41, 5.74) is 0.611. The fourth-order valence-electron chi connectivity index (χ4n) is 2.99. The van der Waals surface area contributed by atoms with E-state index in [1.165, 1.54) is 6.42 Å². The van der Waals surface area contributed by atoms with Crippen LogP contribution in [0.2, 0.25) is 0 Å². The molecule has 1 fully saturated rings. The van der Waals surface area contributed by atoms with Gasteiger partial charge in [-0.15, -0.1) is 0 Å². The molecule has 0 saturated carbocycles. The Bertz CT molecular complexity index is 419. The van der Waals surface area contributed by atoms with E-state index >= 15 is 0 Å². The van der Waals surface area contributed by atoms with Crippen molar-refractivity contribution in [1.29, 1.82) is 0 Å². The fourth-order valence-corrected chi connectivity index (χ4v) is 2.99. The molecule has 1 aliphatic heterocycles. The Morgan fingerprint density at radius 3 is 2.68 bits per heavy atom. The van der Waals surface area contributed by atoms with Crippen LogP contribution in [0.4, 0.5) is 0 Å². The van der Waals surface area contributed by atoms with Gasteiger partial charge in [-0.3, -0.25) is 9.48 Å². The van der Waals surface area contributed by atoms with Crippen LogP contribution in [0.15, 0.2) is 12.3 Å². The normalized spacial score (nSPS) is 24.4. The summed E-state index contributed by atoms with van der Waals surface area (Å²) < 4.78 is 1.60. The summed E-state index contributed by atoms with van der Waals surface area (Å²) in [7, 11) is 1.78. The lowest BCUT2D eigenvalue weighted by molar-refractivity contribution is 0.0927. The number of carbonyl (C=O) groups excluding carboxylic acids is 1. The third kappa shape index (κ3) is 3.80. The molecular formula is C14H24N4O. The Hall–Kier alpha value is -1.36. The Morgan fingerprint density at radius 1 is 1.42 bits per heavy atom. The zero-order valence-corrected chi connectivity index (χ0v) is 12.1. The number of hydrogen-bond acceptors (Lipinski definition) is 3. The average Bonchev–Trinajstić information content (AvgIpc) is 2.74. The molecular weight excluding hydrogens is 240 g/mol. The van der Waals surface area contributed by atoms with Crippen molar-refractivity contribution in [3.63, 3.8) is 0 Å². The van der Waals surface area contributed by atoms with Crippen molar-refractivity contribution in [2.45, 2.75) is 20.3 Å². The van der Waals surface area contributed by atoms with Crippen LogP contribution in [0.5, 0.6) is 0 Å². The number of carbonyl (C=O) groups is 1. The van der Waals surface area contributed by atoms with Crippen LogP contribution in [-0.2, 0) is 7.05 Å². The molecule has 0 aromatic carbocycles. The first-order chi connectivity index (χ1) is 9.06. The van der Waals surface area contributed by atoms with E-state index in [-0.39, 0.29) is 5.91 Å². The minimum atomic E-state index is -0.0434. The zero-order chi connectivity index (χ0) is 13.8. The zero-order valence-electron chi connectivity index (χ0n) is 12.1. The number of likely N-dealkylation sites (tertiary alicyclic amines) is 1. The van der Waals surface area contributed by atoms with E-state index in [1.54, 1.807) is 24.0 Å². The van der Waals surface area contributed by atoms with Gasteiger partial charge in [-0.25, -0.2) is 0 Å². The predicted molar refractivity (Wildman–Crippen MR) is 74.9 cm³/mol. The minimum Gasteiger partial charge on any atom is -0.349 e. The second-order valence-corrected chi connectivity index (χ2v) is 5.80. The van der Waals surface area contributed by atoms with E-state index in [1.807, 2.05) is 0 Å². The van der Waals surface area contributed by atoms with Gasteiger partial charge in [0.2, 0.25) is 0 Å². The SMILES string of the molecule is C[C@H]1C[C@H](C)CN(CCNC(=O)c2ccnn2C)C1. The van der Waals surface area contributed by atoms with E-state index in [0.717, 1.165) is 31.5 Å². The first kappa shape index (κ1) is 14.1. The molecule has 106 valence electrons. The Labute approximate surface area is 115 Å². The summed E-state index contributed by atoms with van der Waals surface area (Å²) in [4.78, 5) is 14.4. The summed E-state index contributed by atoms with van der Waals surface area (Å²) in [5, 5.41) is 6.96. The fraction of sp³-hybridized carbons (Fsp3) is 0.714. The van der Waals surface area contributed by atoms with Crippen molar-refractivity contribution < 1.29 is 4.79 Å². The molecule has 0 spiro atoms. The maximum Gasteiger partial charge on any atom is 0.269 e. The lowest BCUT2D eigenvalue weighted by atomic mass is 9.92. The number of amides is 1. The van der Waals surface area contributed by atoms with Gasteiger partial charge in [-0.2, -0.15) is 5.10 Å². The van der Waals surface area contributed by atoms with Gasteiger partial charge in [0.15, 0.2) is 0 Å².